The zero-order valence-electron chi connectivity index (χ0n) is 6.65. The molecule has 1 aromatic heterocycles. The first-order valence-corrected chi connectivity index (χ1v) is 4.39. The van der Waals surface area contributed by atoms with Crippen molar-refractivity contribution >= 4 is 17.3 Å². The number of nitrogens with zero attached hydrogens (tertiary/aromatic N) is 1. The van der Waals surface area contributed by atoms with Crippen molar-refractivity contribution in [2.75, 3.05) is 0 Å². The lowest BCUT2D eigenvalue weighted by Crippen LogP contribution is -2.05. The Morgan fingerprint density at radius 1 is 1.92 bits per heavy atom. The Hall–Kier alpha value is -0.940. The van der Waals surface area contributed by atoms with Gasteiger partial charge in [-0.2, -0.15) is 0 Å². The van der Waals surface area contributed by atoms with Gasteiger partial charge >= 0.3 is 5.97 Å². The highest BCUT2D eigenvalue weighted by Crippen LogP contribution is 2.15. The topological polar surface area (TPSA) is 76.2 Å². The molecule has 0 aromatic carbocycles. The Kier molecular flexibility index (Phi) is 2.78. The molecule has 0 aliphatic carbocycles. The van der Waals surface area contributed by atoms with E-state index in [-0.39, 0.29) is 12.5 Å². The number of aromatic nitrogens is 1. The summed E-state index contributed by atoms with van der Waals surface area (Å²) in [7, 11) is 0. The number of hydrogen-bond acceptors (Lipinski definition) is 4. The van der Waals surface area contributed by atoms with Crippen LogP contribution in [0.25, 0.3) is 0 Å². The van der Waals surface area contributed by atoms with E-state index in [4.69, 9.17) is 10.8 Å². The van der Waals surface area contributed by atoms with Crippen LogP contribution in [0.5, 0.6) is 0 Å². The van der Waals surface area contributed by atoms with Crippen molar-refractivity contribution in [3.8, 4) is 0 Å². The fourth-order valence-electron chi connectivity index (χ4n) is 0.768. The molecule has 0 unspecified atom stereocenters. The number of nitrogens with two attached hydrogens (primary N) is 1. The van der Waals surface area contributed by atoms with E-state index in [9.17, 15) is 4.79 Å². The Morgan fingerprint density at radius 3 is 3.00 bits per heavy atom. The van der Waals surface area contributed by atoms with Crippen LogP contribution in [0.3, 0.4) is 0 Å². The van der Waals surface area contributed by atoms with E-state index in [0.29, 0.717) is 5.69 Å². The third kappa shape index (κ3) is 2.28. The summed E-state index contributed by atoms with van der Waals surface area (Å²) >= 11 is 1.40. The number of thiazole rings is 1. The Balaban J connectivity index is 2.70. The molecule has 0 bridgehead atoms. The van der Waals surface area contributed by atoms with Crippen molar-refractivity contribution in [3.05, 3.63) is 16.1 Å². The first kappa shape index (κ1) is 9.15. The molecule has 1 atom stereocenters. The average Bonchev–Trinajstić information content (AvgIpc) is 2.34. The lowest BCUT2D eigenvalue weighted by Gasteiger charge is -1.96. The van der Waals surface area contributed by atoms with Crippen LogP contribution in [0, 0.1) is 0 Å². The second kappa shape index (κ2) is 3.64. The highest BCUT2D eigenvalue weighted by atomic mass is 32.1. The molecule has 0 saturated carbocycles. The summed E-state index contributed by atoms with van der Waals surface area (Å²) in [4.78, 5) is 14.3. The Labute approximate surface area is 74.0 Å². The van der Waals surface area contributed by atoms with Crippen LogP contribution < -0.4 is 5.73 Å². The van der Waals surface area contributed by atoms with Crippen LogP contribution in [0.4, 0.5) is 0 Å². The van der Waals surface area contributed by atoms with Crippen LogP contribution in [0.2, 0.25) is 0 Å². The summed E-state index contributed by atoms with van der Waals surface area (Å²) < 4.78 is 0. The maximum atomic E-state index is 10.3. The molecule has 4 nitrogen and oxygen atoms in total. The quantitative estimate of drug-likeness (QED) is 0.731. The summed E-state index contributed by atoms with van der Waals surface area (Å²) in [6.45, 7) is 1.82. The van der Waals surface area contributed by atoms with E-state index in [2.05, 4.69) is 4.98 Å². The van der Waals surface area contributed by atoms with Gasteiger partial charge in [-0.1, -0.05) is 0 Å². The first-order valence-electron chi connectivity index (χ1n) is 3.51. The Bertz CT molecular complexity index is 283. The standard InChI is InChI=1S/C7H10N2O2S/c1-4(8)7-9-5(3-12-7)2-6(10)11/h3-4H,2,8H2,1H3,(H,10,11)/t4-/m0/s1. The molecule has 1 aromatic rings. The van der Waals surface area contributed by atoms with Crippen molar-refractivity contribution in [2.45, 2.75) is 19.4 Å². The van der Waals surface area contributed by atoms with Crippen molar-refractivity contribution in [3.63, 3.8) is 0 Å². The van der Waals surface area contributed by atoms with E-state index >= 15 is 0 Å². The maximum Gasteiger partial charge on any atom is 0.309 e. The van der Waals surface area contributed by atoms with Gasteiger partial charge in [0.15, 0.2) is 0 Å². The molecule has 1 rings (SSSR count). The monoisotopic (exact) mass is 186 g/mol. The minimum Gasteiger partial charge on any atom is -0.481 e. The van der Waals surface area contributed by atoms with Gasteiger partial charge in [0.05, 0.1) is 18.2 Å². The van der Waals surface area contributed by atoms with Crippen molar-refractivity contribution < 1.29 is 9.90 Å². The van der Waals surface area contributed by atoms with Gasteiger partial charge in [-0.3, -0.25) is 4.79 Å². The predicted octanol–water partition coefficient (Wildman–Crippen LogP) is 0.790. The molecule has 0 aliphatic rings. The van der Waals surface area contributed by atoms with E-state index in [1.165, 1.54) is 11.3 Å². The van der Waals surface area contributed by atoms with Gasteiger partial charge in [0.25, 0.3) is 0 Å². The Morgan fingerprint density at radius 2 is 2.58 bits per heavy atom. The van der Waals surface area contributed by atoms with Crippen LogP contribution in [-0.2, 0) is 11.2 Å². The minimum absolute atomic E-state index is 0.0246. The van der Waals surface area contributed by atoms with E-state index < -0.39 is 5.97 Å². The summed E-state index contributed by atoms with van der Waals surface area (Å²) in [5.74, 6) is -0.864. The van der Waals surface area contributed by atoms with Gasteiger partial charge < -0.3 is 10.8 Å². The second-order valence-electron chi connectivity index (χ2n) is 2.54. The number of carboxylic acids is 1. The molecular weight excluding hydrogens is 176 g/mol. The van der Waals surface area contributed by atoms with Gasteiger partial charge in [-0.15, -0.1) is 11.3 Å². The predicted molar refractivity (Wildman–Crippen MR) is 46.1 cm³/mol. The number of aliphatic carboxylic acids is 1. The van der Waals surface area contributed by atoms with Crippen LogP contribution in [0.15, 0.2) is 5.38 Å². The van der Waals surface area contributed by atoms with Gasteiger partial charge in [0.1, 0.15) is 5.01 Å². The normalized spacial score (nSPS) is 12.8. The van der Waals surface area contributed by atoms with E-state index in [0.717, 1.165) is 5.01 Å². The molecule has 0 radical (unpaired) electrons. The highest BCUT2D eigenvalue weighted by Gasteiger charge is 2.08. The fourth-order valence-corrected chi connectivity index (χ4v) is 1.55. The molecule has 3 N–H and O–H groups in total. The zero-order valence-corrected chi connectivity index (χ0v) is 7.47. The van der Waals surface area contributed by atoms with E-state index in [1.54, 1.807) is 5.38 Å². The lowest BCUT2D eigenvalue weighted by atomic mass is 10.3. The average molecular weight is 186 g/mol. The van der Waals surface area contributed by atoms with Gasteiger partial charge in [0.2, 0.25) is 0 Å². The van der Waals surface area contributed by atoms with Gasteiger partial charge in [-0.05, 0) is 6.92 Å². The maximum absolute atomic E-state index is 10.3. The lowest BCUT2D eigenvalue weighted by molar-refractivity contribution is -0.136. The molecule has 0 aliphatic heterocycles. The third-order valence-electron chi connectivity index (χ3n) is 1.29. The molecule has 0 fully saturated rings. The highest BCUT2D eigenvalue weighted by molar-refractivity contribution is 7.09. The summed E-state index contributed by atoms with van der Waals surface area (Å²) in [5, 5.41) is 11.0. The van der Waals surface area contributed by atoms with Crippen molar-refractivity contribution in [2.24, 2.45) is 5.73 Å². The first-order chi connectivity index (χ1) is 5.59. The minimum atomic E-state index is -0.864. The molecule has 12 heavy (non-hydrogen) atoms. The van der Waals surface area contributed by atoms with E-state index in [1.807, 2.05) is 6.92 Å². The zero-order chi connectivity index (χ0) is 9.14. The van der Waals surface area contributed by atoms with Gasteiger partial charge in [-0.25, -0.2) is 4.98 Å². The largest absolute Gasteiger partial charge is 0.481 e. The molecule has 1 heterocycles. The molecule has 66 valence electrons. The van der Waals surface area contributed by atoms with Crippen molar-refractivity contribution in [1.82, 2.24) is 4.98 Å². The van der Waals surface area contributed by atoms with Crippen LogP contribution in [0.1, 0.15) is 23.7 Å². The molecule has 0 spiro atoms. The molecular formula is C7H10N2O2S. The smallest absolute Gasteiger partial charge is 0.309 e. The van der Waals surface area contributed by atoms with Gasteiger partial charge in [0, 0.05) is 5.38 Å². The molecule has 5 heteroatoms. The second-order valence-corrected chi connectivity index (χ2v) is 3.43. The summed E-state index contributed by atoms with van der Waals surface area (Å²) in [6, 6.07) is -0.113. The SMILES string of the molecule is C[C@H](N)c1nc(CC(=O)O)cs1. The van der Waals surface area contributed by atoms with Crippen LogP contribution in [-0.4, -0.2) is 16.1 Å². The number of hydrogen-bond donors (Lipinski definition) is 2. The summed E-state index contributed by atoms with van der Waals surface area (Å²) in [5.41, 5.74) is 6.14. The fraction of sp³-hybridized carbons (Fsp3) is 0.429. The molecule has 0 amide bonds. The number of rotatable bonds is 3. The third-order valence-corrected chi connectivity index (χ3v) is 2.39. The van der Waals surface area contributed by atoms with Crippen molar-refractivity contribution in [1.29, 1.82) is 0 Å². The summed E-state index contributed by atoms with van der Waals surface area (Å²) in [6.07, 6.45) is -0.0246. The molecule has 0 saturated heterocycles. The van der Waals surface area contributed by atoms with Crippen LogP contribution >= 0.6 is 11.3 Å². The number of carbonyl (C=O) groups is 1. The number of carboxylic acid groups (broad SMARTS) is 1.